The van der Waals surface area contributed by atoms with E-state index < -0.39 is 6.04 Å². The van der Waals surface area contributed by atoms with Crippen molar-refractivity contribution < 1.29 is 14.0 Å². The molecule has 0 aliphatic heterocycles. The summed E-state index contributed by atoms with van der Waals surface area (Å²) in [6.45, 7) is 2.00. The van der Waals surface area contributed by atoms with Crippen LogP contribution in [0.2, 0.25) is 0 Å². The largest absolute Gasteiger partial charge is 0.416 e. The molecular weight excluding hydrogens is 440 g/mol. The van der Waals surface area contributed by atoms with Gasteiger partial charge in [0.15, 0.2) is 0 Å². The lowest BCUT2D eigenvalue weighted by Gasteiger charge is -2.19. The molecule has 1 fully saturated rings. The lowest BCUT2D eigenvalue weighted by atomic mass is 10.0. The smallest absolute Gasteiger partial charge is 0.251 e. The van der Waals surface area contributed by atoms with Gasteiger partial charge in [0.05, 0.1) is 0 Å². The molecule has 0 saturated heterocycles. The zero-order valence-corrected chi connectivity index (χ0v) is 19.4. The van der Waals surface area contributed by atoms with Crippen LogP contribution in [0, 0.1) is 6.92 Å². The summed E-state index contributed by atoms with van der Waals surface area (Å²) < 4.78 is 5.84. The molecule has 0 bridgehead atoms. The summed E-state index contributed by atoms with van der Waals surface area (Å²) in [4.78, 5) is 25.8. The predicted molar refractivity (Wildman–Crippen MR) is 132 cm³/mol. The zero-order chi connectivity index (χ0) is 24.2. The summed E-state index contributed by atoms with van der Waals surface area (Å²) in [6, 6.07) is 24.0. The maximum Gasteiger partial charge on any atom is 0.251 e. The van der Waals surface area contributed by atoms with Gasteiger partial charge in [-0.1, -0.05) is 48.0 Å². The highest BCUT2D eigenvalue weighted by molar-refractivity contribution is 5.98. The van der Waals surface area contributed by atoms with Crippen LogP contribution in [0.1, 0.15) is 34.3 Å². The number of aryl methyl sites for hydroxylation is 1. The molecule has 35 heavy (non-hydrogen) atoms. The quantitative estimate of drug-likeness (QED) is 0.403. The Morgan fingerprint density at radius 3 is 2.31 bits per heavy atom. The molecule has 0 radical (unpaired) electrons. The predicted octanol–water partition coefficient (Wildman–Crippen LogP) is 4.33. The lowest BCUT2D eigenvalue weighted by molar-refractivity contribution is -0.123. The minimum absolute atomic E-state index is 0.157. The number of amides is 2. The van der Waals surface area contributed by atoms with E-state index in [1.165, 1.54) is 0 Å². The molecule has 7 nitrogen and oxygen atoms in total. The fourth-order valence-electron chi connectivity index (χ4n) is 3.83. The normalized spacial score (nSPS) is 13.7. The molecule has 176 valence electrons. The molecular formula is C28H26N4O3. The van der Waals surface area contributed by atoms with Crippen LogP contribution >= 0.6 is 0 Å². The summed E-state index contributed by atoms with van der Waals surface area (Å²) >= 11 is 0. The van der Waals surface area contributed by atoms with Crippen LogP contribution in [-0.2, 0) is 11.2 Å². The van der Waals surface area contributed by atoms with Crippen LogP contribution < -0.4 is 10.6 Å². The van der Waals surface area contributed by atoms with Crippen molar-refractivity contribution in [2.45, 2.75) is 38.3 Å². The van der Waals surface area contributed by atoms with Crippen molar-refractivity contribution in [2.75, 3.05) is 0 Å². The van der Waals surface area contributed by atoms with Gasteiger partial charge >= 0.3 is 0 Å². The van der Waals surface area contributed by atoms with Gasteiger partial charge in [-0.05, 0) is 61.7 Å². The van der Waals surface area contributed by atoms with Gasteiger partial charge in [0, 0.05) is 29.2 Å². The van der Waals surface area contributed by atoms with Gasteiger partial charge < -0.3 is 15.1 Å². The molecule has 7 heteroatoms. The molecule has 4 aromatic rings. The van der Waals surface area contributed by atoms with E-state index in [-0.39, 0.29) is 17.9 Å². The number of rotatable bonds is 8. The van der Waals surface area contributed by atoms with Crippen LogP contribution in [0.3, 0.4) is 0 Å². The Balaban J connectivity index is 1.28. The van der Waals surface area contributed by atoms with Crippen molar-refractivity contribution >= 4 is 11.8 Å². The summed E-state index contributed by atoms with van der Waals surface area (Å²) in [7, 11) is 0. The van der Waals surface area contributed by atoms with Crippen LogP contribution in [0.5, 0.6) is 0 Å². The fraction of sp³-hybridized carbons (Fsp3) is 0.214. The molecule has 2 N–H and O–H groups in total. The Bertz CT molecular complexity index is 1330. The average Bonchev–Trinajstić information content (AvgIpc) is 3.55. The van der Waals surface area contributed by atoms with Crippen molar-refractivity contribution in [3.05, 3.63) is 95.6 Å². The zero-order valence-electron chi connectivity index (χ0n) is 19.4. The summed E-state index contributed by atoms with van der Waals surface area (Å²) in [5.41, 5.74) is 4.10. The molecule has 2 amide bonds. The van der Waals surface area contributed by atoms with E-state index in [2.05, 4.69) is 20.8 Å². The van der Waals surface area contributed by atoms with E-state index in [0.29, 0.717) is 29.3 Å². The van der Waals surface area contributed by atoms with Gasteiger partial charge in [-0.15, -0.1) is 10.2 Å². The molecule has 1 saturated carbocycles. The first-order valence-corrected chi connectivity index (χ1v) is 11.7. The average molecular weight is 467 g/mol. The molecule has 1 unspecified atom stereocenters. The van der Waals surface area contributed by atoms with E-state index in [0.717, 1.165) is 29.5 Å². The van der Waals surface area contributed by atoms with Gasteiger partial charge in [-0.25, -0.2) is 0 Å². The molecule has 1 heterocycles. The maximum absolute atomic E-state index is 13.0. The van der Waals surface area contributed by atoms with E-state index in [9.17, 15) is 9.59 Å². The number of benzene rings is 3. The van der Waals surface area contributed by atoms with E-state index in [1.54, 1.807) is 24.3 Å². The maximum atomic E-state index is 13.0. The van der Waals surface area contributed by atoms with Crippen molar-refractivity contribution in [1.29, 1.82) is 0 Å². The fourth-order valence-corrected chi connectivity index (χ4v) is 3.83. The lowest BCUT2D eigenvalue weighted by Crippen LogP contribution is -2.48. The number of hydrogen-bond acceptors (Lipinski definition) is 5. The third kappa shape index (κ3) is 5.63. The van der Waals surface area contributed by atoms with Crippen molar-refractivity contribution in [3.63, 3.8) is 0 Å². The summed E-state index contributed by atoms with van der Waals surface area (Å²) in [5, 5.41) is 14.2. The molecule has 1 aromatic heterocycles. The third-order valence-corrected chi connectivity index (χ3v) is 5.91. The Kier molecular flexibility index (Phi) is 6.39. The molecule has 3 aromatic carbocycles. The van der Waals surface area contributed by atoms with Crippen molar-refractivity contribution in [2.24, 2.45) is 0 Å². The van der Waals surface area contributed by atoms with Crippen LogP contribution in [-0.4, -0.2) is 34.1 Å². The molecule has 5 rings (SSSR count). The number of aromatic nitrogens is 2. The highest BCUT2D eigenvalue weighted by Gasteiger charge is 2.28. The third-order valence-electron chi connectivity index (χ3n) is 5.91. The van der Waals surface area contributed by atoms with Crippen LogP contribution in [0.4, 0.5) is 0 Å². The van der Waals surface area contributed by atoms with Gasteiger partial charge in [0.2, 0.25) is 17.7 Å². The van der Waals surface area contributed by atoms with Crippen LogP contribution in [0.15, 0.2) is 83.3 Å². The number of nitrogens with zero attached hydrogens (tertiary/aromatic N) is 2. The molecule has 1 aliphatic carbocycles. The van der Waals surface area contributed by atoms with Crippen LogP contribution in [0.25, 0.3) is 22.9 Å². The Morgan fingerprint density at radius 2 is 1.63 bits per heavy atom. The standard InChI is InChI=1S/C28H26N4O3/c1-18-6-5-9-22(16-18)28-32-31-27(35-28)21-12-10-20(11-13-21)25(33)30-24(26(34)29-23-14-15-23)17-19-7-3-2-4-8-19/h2-13,16,23-24H,14-15,17H2,1H3,(H,29,34)(H,30,33). The Morgan fingerprint density at radius 1 is 0.914 bits per heavy atom. The molecule has 1 atom stereocenters. The van der Waals surface area contributed by atoms with Gasteiger partial charge in [-0.3, -0.25) is 9.59 Å². The minimum Gasteiger partial charge on any atom is -0.416 e. The van der Waals surface area contributed by atoms with Crippen molar-refractivity contribution in [3.8, 4) is 22.9 Å². The van der Waals surface area contributed by atoms with E-state index in [4.69, 9.17) is 4.42 Å². The second-order valence-corrected chi connectivity index (χ2v) is 8.86. The second-order valence-electron chi connectivity index (χ2n) is 8.86. The van der Waals surface area contributed by atoms with Gasteiger partial charge in [0.1, 0.15) is 6.04 Å². The first kappa shape index (κ1) is 22.5. The number of carbonyl (C=O) groups is 2. The number of nitrogens with one attached hydrogen (secondary N) is 2. The van der Waals surface area contributed by atoms with Gasteiger partial charge in [-0.2, -0.15) is 0 Å². The number of hydrogen-bond donors (Lipinski definition) is 2. The van der Waals surface area contributed by atoms with Crippen molar-refractivity contribution in [1.82, 2.24) is 20.8 Å². The monoisotopic (exact) mass is 466 g/mol. The SMILES string of the molecule is Cc1cccc(-c2nnc(-c3ccc(C(=O)NC(Cc4ccccc4)C(=O)NC4CC4)cc3)o2)c1. The van der Waals surface area contributed by atoms with E-state index in [1.807, 2.05) is 61.5 Å². The second kappa shape index (κ2) is 9.93. The minimum atomic E-state index is -0.655. The molecule has 1 aliphatic rings. The molecule has 0 spiro atoms. The highest BCUT2D eigenvalue weighted by atomic mass is 16.4. The van der Waals surface area contributed by atoms with E-state index >= 15 is 0 Å². The first-order chi connectivity index (χ1) is 17.0. The highest BCUT2D eigenvalue weighted by Crippen LogP contribution is 2.25. The number of carbonyl (C=O) groups excluding carboxylic acids is 2. The topological polar surface area (TPSA) is 97.1 Å². The first-order valence-electron chi connectivity index (χ1n) is 11.7. The summed E-state index contributed by atoms with van der Waals surface area (Å²) in [6.07, 6.45) is 2.40. The Hall–Kier alpha value is -4.26. The van der Waals surface area contributed by atoms with Gasteiger partial charge in [0.25, 0.3) is 5.91 Å². The Labute approximate surface area is 203 Å². The summed E-state index contributed by atoms with van der Waals surface area (Å²) in [5.74, 6) is 0.348.